The van der Waals surface area contributed by atoms with Gasteiger partial charge in [-0.25, -0.2) is 0 Å². The number of hydrogen-bond acceptors (Lipinski definition) is 4. The molecule has 0 bridgehead atoms. The first-order valence-corrected chi connectivity index (χ1v) is 7.50. The molecule has 2 rings (SSSR count). The minimum absolute atomic E-state index is 0. The maximum Gasteiger partial charge on any atom is 0.252 e. The molecule has 1 aromatic rings. The van der Waals surface area contributed by atoms with Crippen molar-refractivity contribution in [2.45, 2.75) is 25.3 Å². The van der Waals surface area contributed by atoms with E-state index in [1.807, 2.05) is 5.38 Å². The van der Waals surface area contributed by atoms with Gasteiger partial charge >= 0.3 is 0 Å². The van der Waals surface area contributed by atoms with Gasteiger partial charge in [0.05, 0.1) is 0 Å². The zero-order valence-electron chi connectivity index (χ0n) is 11.2. The Morgan fingerprint density at radius 2 is 2.30 bits per heavy atom. The van der Waals surface area contributed by atoms with Gasteiger partial charge in [-0.15, -0.1) is 12.4 Å². The highest BCUT2D eigenvalue weighted by molar-refractivity contribution is 7.08. The van der Waals surface area contributed by atoms with E-state index in [4.69, 9.17) is 0 Å². The second-order valence-corrected chi connectivity index (χ2v) is 5.41. The number of amides is 2. The average Bonchev–Trinajstić information content (AvgIpc) is 2.93. The third-order valence-electron chi connectivity index (χ3n) is 3.08. The van der Waals surface area contributed by atoms with Gasteiger partial charge in [0.2, 0.25) is 5.91 Å². The Morgan fingerprint density at radius 3 is 2.95 bits per heavy atom. The zero-order valence-corrected chi connectivity index (χ0v) is 12.8. The van der Waals surface area contributed by atoms with Gasteiger partial charge in [-0.1, -0.05) is 0 Å². The molecule has 7 heteroatoms. The summed E-state index contributed by atoms with van der Waals surface area (Å²) in [4.78, 5) is 23.3. The fourth-order valence-electron chi connectivity index (χ4n) is 2.06. The fourth-order valence-corrected chi connectivity index (χ4v) is 2.70. The highest BCUT2D eigenvalue weighted by atomic mass is 35.5. The van der Waals surface area contributed by atoms with E-state index >= 15 is 0 Å². The summed E-state index contributed by atoms with van der Waals surface area (Å²) in [7, 11) is 0. The monoisotopic (exact) mass is 317 g/mol. The van der Waals surface area contributed by atoms with E-state index in [1.54, 1.807) is 11.4 Å². The summed E-state index contributed by atoms with van der Waals surface area (Å²) in [6.07, 6.45) is 2.45. The quantitative estimate of drug-likeness (QED) is 0.763. The van der Waals surface area contributed by atoms with Crippen molar-refractivity contribution in [3.8, 4) is 0 Å². The summed E-state index contributed by atoms with van der Waals surface area (Å²) in [5, 5.41) is 12.6. The van der Waals surface area contributed by atoms with Crippen LogP contribution in [0.5, 0.6) is 0 Å². The van der Waals surface area contributed by atoms with Gasteiger partial charge in [0.1, 0.15) is 0 Å². The molecule has 0 aliphatic carbocycles. The molecule has 1 aliphatic rings. The van der Waals surface area contributed by atoms with Gasteiger partial charge in [0, 0.05) is 36.5 Å². The Balaban J connectivity index is 0.00000200. The lowest BCUT2D eigenvalue weighted by Crippen LogP contribution is -2.46. The minimum Gasteiger partial charge on any atom is -0.352 e. The molecule has 20 heavy (non-hydrogen) atoms. The maximum atomic E-state index is 11.7. The van der Waals surface area contributed by atoms with Crippen molar-refractivity contribution in [2.24, 2.45) is 0 Å². The largest absolute Gasteiger partial charge is 0.352 e. The molecule has 2 heterocycles. The predicted octanol–water partition coefficient (Wildman–Crippen LogP) is 1.16. The molecule has 1 aliphatic heterocycles. The summed E-state index contributed by atoms with van der Waals surface area (Å²) < 4.78 is 0. The number of halogens is 1. The molecule has 5 nitrogen and oxygen atoms in total. The Labute approximate surface area is 128 Å². The van der Waals surface area contributed by atoms with E-state index in [1.165, 1.54) is 11.3 Å². The lowest BCUT2D eigenvalue weighted by atomic mass is 10.1. The molecule has 0 radical (unpaired) electrons. The minimum atomic E-state index is -0.117. The lowest BCUT2D eigenvalue weighted by Gasteiger charge is -2.23. The van der Waals surface area contributed by atoms with Crippen LogP contribution >= 0.6 is 23.7 Å². The highest BCUT2D eigenvalue weighted by Crippen LogP contribution is 2.05. The lowest BCUT2D eigenvalue weighted by molar-refractivity contribution is -0.121. The molecule has 0 aromatic carbocycles. The summed E-state index contributed by atoms with van der Waals surface area (Å²) in [5.41, 5.74) is 0.655. The molecule has 1 fully saturated rings. The molecular formula is C13H20ClN3O2S. The standard InChI is InChI=1S/C13H19N3O2S.ClH/c17-12(16-11-2-1-5-14-8-11)3-6-15-13(18)10-4-7-19-9-10;/h4,7,9,11,14H,1-3,5-6,8H2,(H,15,18)(H,16,17);1H. The number of rotatable bonds is 5. The Bertz CT molecular complexity index is 419. The van der Waals surface area contributed by atoms with Gasteiger partial charge in [-0.3, -0.25) is 9.59 Å². The van der Waals surface area contributed by atoms with Crippen LogP contribution in [0.3, 0.4) is 0 Å². The topological polar surface area (TPSA) is 70.2 Å². The smallest absolute Gasteiger partial charge is 0.252 e. The van der Waals surface area contributed by atoms with E-state index in [0.717, 1.165) is 25.9 Å². The average molecular weight is 318 g/mol. The zero-order chi connectivity index (χ0) is 13.5. The van der Waals surface area contributed by atoms with Gasteiger partial charge in [-0.2, -0.15) is 11.3 Å². The second-order valence-electron chi connectivity index (χ2n) is 4.63. The fraction of sp³-hybridized carbons (Fsp3) is 0.538. The number of carbonyl (C=O) groups is 2. The number of carbonyl (C=O) groups excluding carboxylic acids is 2. The van der Waals surface area contributed by atoms with Crippen molar-refractivity contribution in [1.29, 1.82) is 0 Å². The molecule has 0 saturated carbocycles. The van der Waals surface area contributed by atoms with Gasteiger partial charge in [-0.05, 0) is 30.8 Å². The van der Waals surface area contributed by atoms with Gasteiger partial charge in [0.15, 0.2) is 0 Å². The first kappa shape index (κ1) is 16.9. The van der Waals surface area contributed by atoms with Crippen molar-refractivity contribution in [3.05, 3.63) is 22.4 Å². The molecular weight excluding hydrogens is 298 g/mol. The number of hydrogen-bond donors (Lipinski definition) is 3. The van der Waals surface area contributed by atoms with Crippen LogP contribution in [0.1, 0.15) is 29.6 Å². The van der Waals surface area contributed by atoms with Crippen molar-refractivity contribution < 1.29 is 9.59 Å². The maximum absolute atomic E-state index is 11.7. The van der Waals surface area contributed by atoms with Crippen LogP contribution in [0.25, 0.3) is 0 Å². The Kier molecular flexibility index (Phi) is 7.58. The predicted molar refractivity (Wildman–Crippen MR) is 82.6 cm³/mol. The van der Waals surface area contributed by atoms with Crippen LogP contribution in [-0.4, -0.2) is 37.5 Å². The van der Waals surface area contributed by atoms with Crippen LogP contribution < -0.4 is 16.0 Å². The molecule has 3 N–H and O–H groups in total. The molecule has 112 valence electrons. The summed E-state index contributed by atoms with van der Waals surface area (Å²) >= 11 is 1.48. The highest BCUT2D eigenvalue weighted by Gasteiger charge is 2.15. The first-order chi connectivity index (χ1) is 9.25. The van der Waals surface area contributed by atoms with E-state index in [0.29, 0.717) is 18.5 Å². The van der Waals surface area contributed by atoms with Gasteiger partial charge < -0.3 is 16.0 Å². The van der Waals surface area contributed by atoms with Crippen molar-refractivity contribution in [2.75, 3.05) is 19.6 Å². The van der Waals surface area contributed by atoms with E-state index in [-0.39, 0.29) is 30.3 Å². The molecule has 1 unspecified atom stereocenters. The van der Waals surface area contributed by atoms with Crippen molar-refractivity contribution in [3.63, 3.8) is 0 Å². The van der Waals surface area contributed by atoms with E-state index in [9.17, 15) is 9.59 Å². The van der Waals surface area contributed by atoms with Crippen LogP contribution in [0.2, 0.25) is 0 Å². The molecule has 1 aromatic heterocycles. The first-order valence-electron chi connectivity index (χ1n) is 6.56. The summed E-state index contributed by atoms with van der Waals surface area (Å²) in [6.45, 7) is 2.25. The van der Waals surface area contributed by atoms with Crippen LogP contribution in [0.4, 0.5) is 0 Å². The third-order valence-corrected chi connectivity index (χ3v) is 3.77. The normalized spacial score (nSPS) is 17.9. The van der Waals surface area contributed by atoms with E-state index < -0.39 is 0 Å². The SMILES string of the molecule is Cl.O=C(CCNC(=O)c1ccsc1)NC1CCCNC1. The Morgan fingerprint density at radius 1 is 1.45 bits per heavy atom. The van der Waals surface area contributed by atoms with Crippen molar-refractivity contribution in [1.82, 2.24) is 16.0 Å². The number of thiophene rings is 1. The van der Waals surface area contributed by atoms with E-state index in [2.05, 4.69) is 16.0 Å². The third kappa shape index (κ3) is 5.48. The number of nitrogens with one attached hydrogen (secondary N) is 3. The van der Waals surface area contributed by atoms with Crippen LogP contribution in [0.15, 0.2) is 16.8 Å². The molecule has 1 atom stereocenters. The molecule has 0 spiro atoms. The Hall–Kier alpha value is -1.11. The second kappa shape index (κ2) is 8.94. The van der Waals surface area contributed by atoms with Crippen molar-refractivity contribution >= 4 is 35.6 Å². The summed E-state index contributed by atoms with van der Waals surface area (Å²) in [6, 6.07) is 2.00. The van der Waals surface area contributed by atoms with Crippen LogP contribution in [-0.2, 0) is 4.79 Å². The molecule has 1 saturated heterocycles. The summed E-state index contributed by atoms with van der Waals surface area (Å²) in [5.74, 6) is -0.118. The molecule has 2 amide bonds. The number of piperidine rings is 1. The van der Waals surface area contributed by atoms with Gasteiger partial charge in [0.25, 0.3) is 5.91 Å². The van der Waals surface area contributed by atoms with Crippen LogP contribution in [0, 0.1) is 0 Å².